The molecule has 2 aromatic carbocycles. The molecule has 1 aliphatic heterocycles. The van der Waals surface area contributed by atoms with Crippen molar-refractivity contribution in [1.29, 1.82) is 0 Å². The fourth-order valence-electron chi connectivity index (χ4n) is 3.90. The highest BCUT2D eigenvalue weighted by atomic mass is 35.5. The summed E-state index contributed by atoms with van der Waals surface area (Å²) in [5, 5.41) is 11.2. The summed E-state index contributed by atoms with van der Waals surface area (Å²) in [6, 6.07) is 14.5. The van der Waals surface area contributed by atoms with Crippen LogP contribution in [0.15, 0.2) is 54.7 Å². The summed E-state index contributed by atoms with van der Waals surface area (Å²) in [5.74, 6) is -1.42. The van der Waals surface area contributed by atoms with Crippen LogP contribution < -0.4 is 0 Å². The van der Waals surface area contributed by atoms with Crippen molar-refractivity contribution >= 4 is 40.0 Å². The molecule has 0 bridgehead atoms. The first-order chi connectivity index (χ1) is 13.3. The van der Waals surface area contributed by atoms with Crippen LogP contribution in [0.2, 0.25) is 5.02 Å². The van der Waals surface area contributed by atoms with Gasteiger partial charge in [-0.25, -0.2) is 4.79 Å². The number of hydrogen-bond donors (Lipinski definition) is 2. The molecule has 1 amide bonds. The standard InChI is InChI=1S/C22H19ClN2O3/c1-22(2)12-25(20(26)13-7-3-5-9-16(13)23)11-15(21(27)28)19-18(22)14-8-4-6-10-17(14)24-19/h3-11,24H,12H2,1-2H3,(H,27,28). The molecule has 3 aromatic rings. The van der Waals surface area contributed by atoms with E-state index in [0.29, 0.717) is 22.8 Å². The number of para-hydroxylation sites is 1. The molecule has 0 atom stereocenters. The lowest BCUT2D eigenvalue weighted by atomic mass is 9.81. The first-order valence-electron chi connectivity index (χ1n) is 8.92. The molecule has 0 fully saturated rings. The maximum Gasteiger partial charge on any atom is 0.339 e. The van der Waals surface area contributed by atoms with Crippen molar-refractivity contribution in [3.63, 3.8) is 0 Å². The summed E-state index contributed by atoms with van der Waals surface area (Å²) in [7, 11) is 0. The zero-order valence-corrected chi connectivity index (χ0v) is 16.2. The monoisotopic (exact) mass is 394 g/mol. The molecule has 5 nitrogen and oxygen atoms in total. The predicted octanol–water partition coefficient (Wildman–Crippen LogP) is 4.68. The highest BCUT2D eigenvalue weighted by Crippen LogP contribution is 2.40. The van der Waals surface area contributed by atoms with E-state index in [4.69, 9.17) is 11.6 Å². The molecule has 0 aliphatic carbocycles. The first kappa shape index (κ1) is 18.3. The third-order valence-electron chi connectivity index (χ3n) is 5.10. The lowest BCUT2D eigenvalue weighted by Crippen LogP contribution is -2.37. The second-order valence-electron chi connectivity index (χ2n) is 7.57. The number of nitrogens with zero attached hydrogens (tertiary/aromatic N) is 1. The van der Waals surface area contributed by atoms with E-state index in [-0.39, 0.29) is 11.5 Å². The van der Waals surface area contributed by atoms with E-state index >= 15 is 0 Å². The SMILES string of the molecule is CC1(C)CN(C(=O)c2ccccc2Cl)C=C(C(=O)O)c2[nH]c3ccccc3c21. The van der Waals surface area contributed by atoms with Gasteiger partial charge in [0.15, 0.2) is 0 Å². The summed E-state index contributed by atoms with van der Waals surface area (Å²) in [6.45, 7) is 4.35. The number of aromatic amines is 1. The Morgan fingerprint density at radius 2 is 1.79 bits per heavy atom. The van der Waals surface area contributed by atoms with E-state index in [0.717, 1.165) is 16.5 Å². The molecule has 1 aromatic heterocycles. The summed E-state index contributed by atoms with van der Waals surface area (Å²) in [4.78, 5) is 29.9. The van der Waals surface area contributed by atoms with Crippen molar-refractivity contribution in [3.05, 3.63) is 76.6 Å². The highest BCUT2D eigenvalue weighted by molar-refractivity contribution is 6.33. The first-order valence-corrected chi connectivity index (χ1v) is 9.29. The van der Waals surface area contributed by atoms with Crippen molar-refractivity contribution in [3.8, 4) is 0 Å². The van der Waals surface area contributed by atoms with Gasteiger partial charge >= 0.3 is 5.97 Å². The lowest BCUT2D eigenvalue weighted by molar-refractivity contribution is -0.130. The van der Waals surface area contributed by atoms with Gasteiger partial charge < -0.3 is 15.0 Å². The number of fused-ring (bicyclic) bond motifs is 3. The minimum atomic E-state index is -1.09. The number of carbonyl (C=O) groups is 2. The van der Waals surface area contributed by atoms with E-state index in [1.807, 2.05) is 38.1 Å². The van der Waals surface area contributed by atoms with Gasteiger partial charge in [0.05, 0.1) is 21.9 Å². The summed E-state index contributed by atoms with van der Waals surface area (Å²) in [5.41, 5.74) is 2.21. The van der Waals surface area contributed by atoms with Gasteiger partial charge in [-0.15, -0.1) is 0 Å². The van der Waals surface area contributed by atoms with Gasteiger partial charge in [-0.2, -0.15) is 0 Å². The Morgan fingerprint density at radius 1 is 1.11 bits per heavy atom. The Balaban J connectivity index is 1.92. The number of halogens is 1. The van der Waals surface area contributed by atoms with Gasteiger partial charge in [-0.05, 0) is 23.8 Å². The minimum absolute atomic E-state index is 0.0529. The number of aromatic nitrogens is 1. The number of hydrogen-bond acceptors (Lipinski definition) is 2. The Morgan fingerprint density at radius 3 is 2.50 bits per heavy atom. The van der Waals surface area contributed by atoms with Crippen molar-refractivity contribution in [2.45, 2.75) is 19.3 Å². The molecule has 0 radical (unpaired) electrons. The molecule has 0 saturated heterocycles. The molecule has 28 heavy (non-hydrogen) atoms. The van der Waals surface area contributed by atoms with Crippen LogP contribution in [-0.2, 0) is 10.2 Å². The van der Waals surface area contributed by atoms with Gasteiger partial charge in [0.25, 0.3) is 5.91 Å². The summed E-state index contributed by atoms with van der Waals surface area (Å²) in [6.07, 6.45) is 1.41. The van der Waals surface area contributed by atoms with Crippen LogP contribution in [0.3, 0.4) is 0 Å². The molecule has 2 N–H and O–H groups in total. The van der Waals surface area contributed by atoms with Crippen LogP contribution in [0, 0.1) is 0 Å². The van der Waals surface area contributed by atoms with Crippen LogP contribution in [0.1, 0.15) is 35.5 Å². The van der Waals surface area contributed by atoms with Gasteiger partial charge in [0.2, 0.25) is 0 Å². The Labute approximate surface area is 167 Å². The molecule has 0 saturated carbocycles. The topological polar surface area (TPSA) is 73.4 Å². The number of carboxylic acids is 1. The predicted molar refractivity (Wildman–Crippen MR) is 109 cm³/mol. The quantitative estimate of drug-likeness (QED) is 0.662. The van der Waals surface area contributed by atoms with Crippen LogP contribution in [0.5, 0.6) is 0 Å². The second kappa shape index (κ2) is 6.53. The third kappa shape index (κ3) is 2.88. The number of rotatable bonds is 2. The largest absolute Gasteiger partial charge is 0.478 e. The van der Waals surface area contributed by atoms with Crippen LogP contribution in [-0.4, -0.2) is 33.4 Å². The average Bonchev–Trinajstić information content (AvgIpc) is 2.99. The van der Waals surface area contributed by atoms with Gasteiger partial charge in [-0.1, -0.05) is 55.8 Å². The van der Waals surface area contributed by atoms with Crippen molar-refractivity contribution < 1.29 is 14.7 Å². The van der Waals surface area contributed by atoms with E-state index < -0.39 is 11.4 Å². The van der Waals surface area contributed by atoms with E-state index in [2.05, 4.69) is 4.98 Å². The Bertz CT molecular complexity index is 1140. The number of nitrogens with one attached hydrogen (secondary N) is 1. The zero-order valence-electron chi connectivity index (χ0n) is 15.5. The van der Waals surface area contributed by atoms with E-state index in [1.165, 1.54) is 11.1 Å². The van der Waals surface area contributed by atoms with Crippen LogP contribution in [0.25, 0.3) is 16.5 Å². The lowest BCUT2D eigenvalue weighted by Gasteiger charge is -2.29. The van der Waals surface area contributed by atoms with E-state index in [9.17, 15) is 14.7 Å². The maximum absolute atomic E-state index is 13.2. The number of carboxylic acid groups (broad SMARTS) is 1. The molecule has 4 rings (SSSR count). The molecule has 0 spiro atoms. The van der Waals surface area contributed by atoms with Crippen LogP contribution in [0.4, 0.5) is 0 Å². The molecular formula is C22H19ClN2O3. The minimum Gasteiger partial charge on any atom is -0.478 e. The number of carbonyl (C=O) groups excluding carboxylic acids is 1. The fraction of sp³-hybridized carbons (Fsp3) is 0.182. The molecule has 2 heterocycles. The third-order valence-corrected chi connectivity index (χ3v) is 5.43. The Hall–Kier alpha value is -3.05. The summed E-state index contributed by atoms with van der Waals surface area (Å²) >= 11 is 6.20. The maximum atomic E-state index is 13.2. The molecular weight excluding hydrogens is 376 g/mol. The molecule has 0 unspecified atom stereocenters. The van der Waals surface area contributed by atoms with Gasteiger partial charge in [0.1, 0.15) is 0 Å². The zero-order chi connectivity index (χ0) is 20.1. The van der Waals surface area contributed by atoms with Gasteiger partial charge in [-0.3, -0.25) is 4.79 Å². The second-order valence-corrected chi connectivity index (χ2v) is 7.97. The number of benzene rings is 2. The number of aliphatic carboxylic acids is 1. The highest BCUT2D eigenvalue weighted by Gasteiger charge is 2.37. The number of amides is 1. The average molecular weight is 395 g/mol. The van der Waals surface area contributed by atoms with Crippen molar-refractivity contribution in [2.75, 3.05) is 6.54 Å². The fourth-order valence-corrected chi connectivity index (χ4v) is 4.12. The van der Waals surface area contributed by atoms with Gasteiger partial charge in [0, 0.05) is 29.1 Å². The van der Waals surface area contributed by atoms with Crippen molar-refractivity contribution in [1.82, 2.24) is 9.88 Å². The number of H-pyrrole nitrogens is 1. The smallest absolute Gasteiger partial charge is 0.339 e. The normalized spacial score (nSPS) is 15.7. The van der Waals surface area contributed by atoms with E-state index in [1.54, 1.807) is 24.3 Å². The van der Waals surface area contributed by atoms with Crippen LogP contribution >= 0.6 is 11.6 Å². The molecule has 6 heteroatoms. The Kier molecular flexibility index (Phi) is 4.27. The molecule has 142 valence electrons. The summed E-state index contributed by atoms with van der Waals surface area (Å²) < 4.78 is 0. The van der Waals surface area contributed by atoms with Crippen molar-refractivity contribution in [2.24, 2.45) is 0 Å². The molecule has 1 aliphatic rings.